The highest BCUT2D eigenvalue weighted by Gasteiger charge is 2.25. The Bertz CT molecular complexity index is 1000. The molecule has 1 aliphatic rings. The Kier molecular flexibility index (Phi) is 17.3. The molecule has 0 aromatic rings. The molecule has 1 saturated heterocycles. The third-order valence-corrected chi connectivity index (χ3v) is 6.83. The third kappa shape index (κ3) is 19.9. The number of aliphatic carboxylic acids is 1. The number of carboxylic acid groups (broad SMARTS) is 1. The summed E-state index contributed by atoms with van der Waals surface area (Å²) >= 11 is 0. The number of unbranched alkanes of at least 4 members (excludes halogenated alkanes) is 2. The number of carbonyl (C=O) groups excluding carboxylic acids is 4. The number of carboxylic acids is 1. The largest absolute Gasteiger partial charge is 0.480 e. The number of hydrogen-bond donors (Lipinski definition) is 2. The van der Waals surface area contributed by atoms with Gasteiger partial charge in [0.15, 0.2) is 0 Å². The lowest BCUT2D eigenvalue weighted by molar-refractivity contribution is -0.158. The number of ether oxygens (including phenoxy) is 2. The smallest absolute Gasteiger partial charge is 0.320 e. The quantitative estimate of drug-likeness (QED) is 0.173. The molecule has 13 nitrogen and oxygen atoms in total. The summed E-state index contributed by atoms with van der Waals surface area (Å²) in [6, 6.07) is 0. The molecule has 1 aliphatic heterocycles. The van der Waals surface area contributed by atoms with Crippen molar-refractivity contribution in [3.63, 3.8) is 0 Å². The van der Waals surface area contributed by atoms with Crippen molar-refractivity contribution in [2.75, 3.05) is 78.5 Å². The molecule has 0 unspecified atom stereocenters. The SMILES string of the molecule is C=C(C)C(=O)NCCCCCC(=O)N1CCN(CC(=O)O)CCN(CC(=O)OC(C)(C)C)CCN(CC(=O)OC(C)(C)C)CC1. The van der Waals surface area contributed by atoms with E-state index in [1.165, 1.54) is 0 Å². The van der Waals surface area contributed by atoms with Crippen LogP contribution < -0.4 is 5.32 Å². The minimum absolute atomic E-state index is 0.0277. The van der Waals surface area contributed by atoms with Crippen molar-refractivity contribution in [2.24, 2.45) is 0 Å². The van der Waals surface area contributed by atoms with Gasteiger partial charge in [0.1, 0.15) is 11.2 Å². The second kappa shape index (κ2) is 19.5. The van der Waals surface area contributed by atoms with E-state index < -0.39 is 17.2 Å². The number of rotatable bonds is 13. The average Bonchev–Trinajstić information content (AvgIpc) is 2.87. The molecule has 0 atom stereocenters. The Morgan fingerprint density at radius 2 is 1.11 bits per heavy atom. The van der Waals surface area contributed by atoms with Crippen molar-refractivity contribution < 1.29 is 38.6 Å². The molecule has 0 radical (unpaired) electrons. The van der Waals surface area contributed by atoms with Crippen LogP contribution in [0.15, 0.2) is 12.2 Å². The summed E-state index contributed by atoms with van der Waals surface area (Å²) < 4.78 is 11.1. The molecule has 2 N–H and O–H groups in total. The molecule has 0 aromatic heterocycles. The maximum Gasteiger partial charge on any atom is 0.320 e. The maximum atomic E-state index is 13.3. The molecule has 258 valence electrons. The fourth-order valence-electron chi connectivity index (χ4n) is 4.65. The molecular weight excluding hydrogens is 582 g/mol. The van der Waals surface area contributed by atoms with Gasteiger partial charge in [-0.3, -0.25) is 38.7 Å². The predicted molar refractivity (Wildman–Crippen MR) is 172 cm³/mol. The van der Waals surface area contributed by atoms with E-state index in [0.29, 0.717) is 77.3 Å². The van der Waals surface area contributed by atoms with Crippen molar-refractivity contribution in [2.45, 2.75) is 85.4 Å². The van der Waals surface area contributed by atoms with Gasteiger partial charge in [-0.05, 0) is 61.3 Å². The number of amides is 2. The monoisotopic (exact) mass is 639 g/mol. The van der Waals surface area contributed by atoms with Crippen LogP contribution in [0.4, 0.5) is 0 Å². The number of hydrogen-bond acceptors (Lipinski definition) is 10. The van der Waals surface area contributed by atoms with Gasteiger partial charge in [-0.25, -0.2) is 0 Å². The van der Waals surface area contributed by atoms with Gasteiger partial charge in [0, 0.05) is 70.9 Å². The summed E-state index contributed by atoms with van der Waals surface area (Å²) in [6.45, 7) is 19.5. The van der Waals surface area contributed by atoms with E-state index >= 15 is 0 Å². The van der Waals surface area contributed by atoms with Gasteiger partial charge in [-0.1, -0.05) is 13.0 Å². The van der Waals surface area contributed by atoms with Crippen LogP contribution in [0.3, 0.4) is 0 Å². The fraction of sp³-hybridized carbons (Fsp3) is 0.781. The van der Waals surface area contributed by atoms with E-state index in [1.807, 2.05) is 30.6 Å². The van der Waals surface area contributed by atoms with Crippen LogP contribution in [0.2, 0.25) is 0 Å². The van der Waals surface area contributed by atoms with E-state index in [-0.39, 0.29) is 43.4 Å². The lowest BCUT2D eigenvalue weighted by Crippen LogP contribution is -2.50. The molecule has 2 amide bonds. The number of nitrogens with zero attached hydrogens (tertiary/aromatic N) is 4. The zero-order valence-corrected chi connectivity index (χ0v) is 28.6. The minimum atomic E-state index is -0.971. The first-order valence-electron chi connectivity index (χ1n) is 15.9. The van der Waals surface area contributed by atoms with Gasteiger partial charge in [0.2, 0.25) is 11.8 Å². The summed E-state index contributed by atoms with van der Waals surface area (Å²) in [5.74, 6) is -1.95. The number of carbonyl (C=O) groups is 5. The summed E-state index contributed by atoms with van der Waals surface area (Å²) in [5, 5.41) is 12.3. The summed E-state index contributed by atoms with van der Waals surface area (Å²) in [7, 11) is 0. The first-order valence-corrected chi connectivity index (χ1v) is 15.9. The van der Waals surface area contributed by atoms with Gasteiger partial charge in [0.05, 0.1) is 19.6 Å². The fourth-order valence-corrected chi connectivity index (χ4v) is 4.65. The number of esters is 2. The van der Waals surface area contributed by atoms with E-state index in [1.54, 1.807) is 37.5 Å². The Morgan fingerprint density at radius 3 is 1.51 bits per heavy atom. The molecule has 0 spiro atoms. The van der Waals surface area contributed by atoms with Crippen molar-refractivity contribution >= 4 is 29.7 Å². The van der Waals surface area contributed by atoms with Crippen LogP contribution in [0, 0.1) is 0 Å². The van der Waals surface area contributed by atoms with E-state index in [0.717, 1.165) is 12.8 Å². The Balaban J connectivity index is 3.01. The first kappa shape index (κ1) is 40.0. The second-order valence-corrected chi connectivity index (χ2v) is 13.6. The van der Waals surface area contributed by atoms with Crippen LogP contribution in [-0.2, 0) is 33.4 Å². The molecule has 1 heterocycles. The van der Waals surface area contributed by atoms with Gasteiger partial charge in [-0.2, -0.15) is 0 Å². The third-order valence-electron chi connectivity index (χ3n) is 6.83. The normalized spacial score (nSPS) is 16.6. The highest BCUT2D eigenvalue weighted by atomic mass is 16.6. The van der Waals surface area contributed by atoms with Gasteiger partial charge >= 0.3 is 17.9 Å². The maximum absolute atomic E-state index is 13.3. The van der Waals surface area contributed by atoms with Gasteiger partial charge in [-0.15, -0.1) is 0 Å². The van der Waals surface area contributed by atoms with E-state index in [2.05, 4.69) is 11.9 Å². The van der Waals surface area contributed by atoms with Crippen LogP contribution in [0.25, 0.3) is 0 Å². The standard InChI is InChI=1S/C32H57N5O8/c1-25(2)30(43)33-13-11-9-10-12-26(38)37-20-18-34(22-27(39)40)14-15-35(23-28(41)44-31(3,4)5)16-17-36(19-21-37)24-29(42)45-32(6,7)8/h1,9-24H2,2-8H3,(H,33,43)(H,39,40). The minimum Gasteiger partial charge on any atom is -0.480 e. The molecule has 0 saturated carbocycles. The zero-order chi connectivity index (χ0) is 34.2. The number of nitrogens with one attached hydrogen (secondary N) is 1. The first-order chi connectivity index (χ1) is 20.8. The van der Waals surface area contributed by atoms with Crippen molar-refractivity contribution in [1.29, 1.82) is 0 Å². The highest BCUT2D eigenvalue weighted by molar-refractivity contribution is 5.92. The zero-order valence-electron chi connectivity index (χ0n) is 28.6. The Hall–Kier alpha value is -3.03. The van der Waals surface area contributed by atoms with Crippen LogP contribution in [0.5, 0.6) is 0 Å². The van der Waals surface area contributed by atoms with E-state index in [4.69, 9.17) is 9.47 Å². The molecule has 0 bridgehead atoms. The molecule has 0 aliphatic carbocycles. The topological polar surface area (TPSA) is 149 Å². The molecule has 1 rings (SSSR count). The Labute approximate surface area is 269 Å². The lowest BCUT2D eigenvalue weighted by atomic mass is 10.1. The van der Waals surface area contributed by atoms with Gasteiger partial charge in [0.25, 0.3) is 0 Å². The van der Waals surface area contributed by atoms with Crippen molar-refractivity contribution in [3.05, 3.63) is 12.2 Å². The van der Waals surface area contributed by atoms with Crippen molar-refractivity contribution in [3.8, 4) is 0 Å². The molecule has 13 heteroatoms. The average molecular weight is 640 g/mol. The highest BCUT2D eigenvalue weighted by Crippen LogP contribution is 2.11. The molecular formula is C32H57N5O8. The molecule has 0 aromatic carbocycles. The van der Waals surface area contributed by atoms with Crippen LogP contribution in [-0.4, -0.2) is 144 Å². The Morgan fingerprint density at radius 1 is 0.689 bits per heavy atom. The summed E-state index contributed by atoms with van der Waals surface area (Å²) in [4.78, 5) is 69.4. The molecule has 45 heavy (non-hydrogen) atoms. The predicted octanol–water partition coefficient (Wildman–Crippen LogP) is 1.76. The summed E-state index contributed by atoms with van der Waals surface area (Å²) in [6.07, 6.45) is 2.48. The van der Waals surface area contributed by atoms with E-state index in [9.17, 15) is 29.1 Å². The van der Waals surface area contributed by atoms with Crippen molar-refractivity contribution in [1.82, 2.24) is 24.9 Å². The lowest BCUT2D eigenvalue weighted by Gasteiger charge is -2.34. The van der Waals surface area contributed by atoms with Crippen LogP contribution in [0.1, 0.15) is 74.1 Å². The van der Waals surface area contributed by atoms with Gasteiger partial charge < -0.3 is 24.8 Å². The summed E-state index contributed by atoms with van der Waals surface area (Å²) in [5.41, 5.74) is -0.832. The molecule has 1 fully saturated rings. The second-order valence-electron chi connectivity index (χ2n) is 13.6. The van der Waals surface area contributed by atoms with Crippen LogP contribution >= 0.6 is 0 Å².